The minimum Gasteiger partial charge on any atom is -0.398 e. The van der Waals surface area contributed by atoms with Gasteiger partial charge in [-0.05, 0) is 51.4 Å². The lowest BCUT2D eigenvalue weighted by atomic mass is 10.1. The Labute approximate surface area is 128 Å². The molecule has 0 amide bonds. The molecule has 21 heavy (non-hydrogen) atoms. The van der Waals surface area contributed by atoms with Crippen LogP contribution in [0, 0.1) is 13.8 Å². The maximum Gasteiger partial charge on any atom is 0.241 e. The van der Waals surface area contributed by atoms with Crippen molar-refractivity contribution in [3.05, 3.63) is 23.3 Å². The summed E-state index contributed by atoms with van der Waals surface area (Å²) in [6.45, 7) is 8.82. The number of nitrogens with zero attached hydrogens (tertiary/aromatic N) is 1. The SMILES string of the molecule is CCC(C)N(C)CCNS(=O)(=O)c1c(C)ccc(N)c1C. The second-order valence-electron chi connectivity index (χ2n) is 5.56. The Hall–Kier alpha value is -1.11. The van der Waals surface area contributed by atoms with Gasteiger partial charge in [0.05, 0.1) is 4.90 Å². The summed E-state index contributed by atoms with van der Waals surface area (Å²) < 4.78 is 27.6. The number of nitrogen functional groups attached to an aromatic ring is 1. The van der Waals surface area contributed by atoms with Crippen molar-refractivity contribution in [2.75, 3.05) is 25.9 Å². The zero-order valence-electron chi connectivity index (χ0n) is 13.6. The maximum atomic E-state index is 12.5. The molecule has 0 aliphatic heterocycles. The third-order valence-corrected chi connectivity index (χ3v) is 5.76. The monoisotopic (exact) mass is 313 g/mol. The molecule has 0 saturated heterocycles. The van der Waals surface area contributed by atoms with Gasteiger partial charge in [-0.25, -0.2) is 13.1 Å². The number of aryl methyl sites for hydroxylation is 1. The van der Waals surface area contributed by atoms with Crippen LogP contribution in [0.15, 0.2) is 17.0 Å². The van der Waals surface area contributed by atoms with E-state index >= 15 is 0 Å². The maximum absolute atomic E-state index is 12.5. The van der Waals surface area contributed by atoms with Crippen LogP contribution < -0.4 is 10.5 Å². The summed E-state index contributed by atoms with van der Waals surface area (Å²) in [5, 5.41) is 0. The van der Waals surface area contributed by atoms with E-state index in [1.807, 2.05) is 7.05 Å². The standard InChI is InChI=1S/C15H27N3O2S/c1-6-12(3)18(5)10-9-17-21(19,20)15-11(2)7-8-14(16)13(15)4/h7-8,12,17H,6,9-10,16H2,1-5H3. The quantitative estimate of drug-likeness (QED) is 0.754. The number of nitrogens with two attached hydrogens (primary N) is 1. The van der Waals surface area contributed by atoms with E-state index in [4.69, 9.17) is 5.73 Å². The molecule has 1 rings (SSSR count). The van der Waals surface area contributed by atoms with Gasteiger partial charge < -0.3 is 10.6 Å². The number of likely N-dealkylation sites (N-methyl/N-ethyl adjacent to an activating group) is 1. The van der Waals surface area contributed by atoms with Crippen molar-refractivity contribution in [1.29, 1.82) is 0 Å². The highest BCUT2D eigenvalue weighted by atomic mass is 32.2. The van der Waals surface area contributed by atoms with Crippen LogP contribution in [0.2, 0.25) is 0 Å². The van der Waals surface area contributed by atoms with Gasteiger partial charge in [0.25, 0.3) is 0 Å². The van der Waals surface area contributed by atoms with Crippen molar-refractivity contribution >= 4 is 15.7 Å². The van der Waals surface area contributed by atoms with E-state index in [-0.39, 0.29) is 0 Å². The Morgan fingerprint density at radius 3 is 2.52 bits per heavy atom. The van der Waals surface area contributed by atoms with Crippen LogP contribution in [0.1, 0.15) is 31.4 Å². The summed E-state index contributed by atoms with van der Waals surface area (Å²) in [5.74, 6) is 0. The number of nitrogens with one attached hydrogen (secondary N) is 1. The molecule has 5 nitrogen and oxygen atoms in total. The van der Waals surface area contributed by atoms with Gasteiger partial charge in [0.2, 0.25) is 10.0 Å². The van der Waals surface area contributed by atoms with Gasteiger partial charge in [-0.15, -0.1) is 0 Å². The fourth-order valence-electron chi connectivity index (χ4n) is 2.22. The Bertz CT molecular complexity index is 585. The van der Waals surface area contributed by atoms with Crippen molar-refractivity contribution in [2.45, 2.75) is 45.1 Å². The zero-order valence-corrected chi connectivity index (χ0v) is 14.4. The van der Waals surface area contributed by atoms with E-state index in [1.54, 1.807) is 26.0 Å². The molecule has 0 saturated carbocycles. The van der Waals surface area contributed by atoms with Gasteiger partial charge in [0.15, 0.2) is 0 Å². The fourth-order valence-corrected chi connectivity index (χ4v) is 3.73. The van der Waals surface area contributed by atoms with E-state index in [0.717, 1.165) is 6.42 Å². The lowest BCUT2D eigenvalue weighted by Crippen LogP contribution is -2.37. The van der Waals surface area contributed by atoms with Crippen molar-refractivity contribution in [3.63, 3.8) is 0 Å². The number of hydrogen-bond donors (Lipinski definition) is 2. The minimum absolute atomic E-state index is 0.300. The van der Waals surface area contributed by atoms with Crippen LogP contribution in [-0.2, 0) is 10.0 Å². The molecular formula is C15H27N3O2S. The van der Waals surface area contributed by atoms with Gasteiger partial charge >= 0.3 is 0 Å². The number of benzene rings is 1. The molecule has 1 aromatic carbocycles. The van der Waals surface area contributed by atoms with Crippen molar-refractivity contribution < 1.29 is 8.42 Å². The molecule has 120 valence electrons. The van der Waals surface area contributed by atoms with Gasteiger partial charge in [-0.2, -0.15) is 0 Å². The lowest BCUT2D eigenvalue weighted by molar-refractivity contribution is 0.256. The third kappa shape index (κ3) is 4.43. The molecule has 0 aromatic heterocycles. The van der Waals surface area contributed by atoms with E-state index in [1.165, 1.54) is 0 Å². The third-order valence-electron chi connectivity index (χ3n) is 4.01. The van der Waals surface area contributed by atoms with Crippen LogP contribution >= 0.6 is 0 Å². The molecule has 0 bridgehead atoms. The van der Waals surface area contributed by atoms with Crippen LogP contribution in [0.3, 0.4) is 0 Å². The predicted molar refractivity (Wildman–Crippen MR) is 87.9 cm³/mol. The van der Waals surface area contributed by atoms with Crippen LogP contribution in [-0.4, -0.2) is 39.5 Å². The highest BCUT2D eigenvalue weighted by Gasteiger charge is 2.20. The molecular weight excluding hydrogens is 286 g/mol. The number of hydrogen-bond acceptors (Lipinski definition) is 4. The Morgan fingerprint density at radius 2 is 1.95 bits per heavy atom. The summed E-state index contributed by atoms with van der Waals surface area (Å²) in [6, 6.07) is 3.91. The van der Waals surface area contributed by atoms with Crippen molar-refractivity contribution in [2.24, 2.45) is 0 Å². The Balaban J connectivity index is 2.82. The first-order valence-electron chi connectivity index (χ1n) is 7.26. The van der Waals surface area contributed by atoms with Gasteiger partial charge in [-0.3, -0.25) is 0 Å². The lowest BCUT2D eigenvalue weighted by Gasteiger charge is -2.23. The first kappa shape index (κ1) is 17.9. The molecule has 0 radical (unpaired) electrons. The summed E-state index contributed by atoms with van der Waals surface area (Å²) >= 11 is 0. The molecule has 0 fully saturated rings. The highest BCUT2D eigenvalue weighted by molar-refractivity contribution is 7.89. The van der Waals surface area contributed by atoms with Gasteiger partial charge in [0, 0.05) is 24.8 Å². The summed E-state index contributed by atoms with van der Waals surface area (Å²) in [4.78, 5) is 2.44. The molecule has 6 heteroatoms. The van der Waals surface area contributed by atoms with E-state index in [2.05, 4.69) is 23.5 Å². The number of anilines is 1. The molecule has 0 aliphatic carbocycles. The van der Waals surface area contributed by atoms with Crippen LogP contribution in [0.5, 0.6) is 0 Å². The smallest absolute Gasteiger partial charge is 0.241 e. The Morgan fingerprint density at radius 1 is 1.33 bits per heavy atom. The van der Waals surface area contributed by atoms with Crippen LogP contribution in [0.4, 0.5) is 5.69 Å². The van der Waals surface area contributed by atoms with E-state index in [9.17, 15) is 8.42 Å². The second kappa shape index (κ2) is 7.24. The largest absolute Gasteiger partial charge is 0.398 e. The first-order chi connectivity index (χ1) is 9.70. The predicted octanol–water partition coefficient (Wildman–Crippen LogP) is 1.89. The van der Waals surface area contributed by atoms with Gasteiger partial charge in [0.1, 0.15) is 0 Å². The molecule has 0 spiro atoms. The first-order valence-corrected chi connectivity index (χ1v) is 8.74. The number of sulfonamides is 1. The molecule has 1 unspecified atom stereocenters. The topological polar surface area (TPSA) is 75.4 Å². The van der Waals surface area contributed by atoms with Crippen LogP contribution in [0.25, 0.3) is 0 Å². The summed E-state index contributed by atoms with van der Waals surface area (Å²) in [7, 11) is -1.53. The zero-order chi connectivity index (χ0) is 16.2. The molecule has 3 N–H and O–H groups in total. The molecule has 0 aliphatic rings. The summed E-state index contributed by atoms with van der Waals surface area (Å²) in [6.07, 6.45) is 1.04. The molecule has 1 atom stereocenters. The van der Waals surface area contributed by atoms with Crippen molar-refractivity contribution in [1.82, 2.24) is 9.62 Å². The van der Waals surface area contributed by atoms with E-state index in [0.29, 0.717) is 40.8 Å². The fraction of sp³-hybridized carbons (Fsp3) is 0.600. The summed E-state index contributed by atoms with van der Waals surface area (Å²) in [5.41, 5.74) is 7.64. The second-order valence-corrected chi connectivity index (χ2v) is 7.27. The average Bonchev–Trinajstić information content (AvgIpc) is 2.41. The molecule has 1 aromatic rings. The number of rotatable bonds is 7. The molecule has 0 heterocycles. The normalized spacial score (nSPS) is 13.6. The van der Waals surface area contributed by atoms with Crippen molar-refractivity contribution in [3.8, 4) is 0 Å². The average molecular weight is 313 g/mol. The highest BCUT2D eigenvalue weighted by Crippen LogP contribution is 2.24. The van der Waals surface area contributed by atoms with E-state index < -0.39 is 10.0 Å². The van der Waals surface area contributed by atoms with Gasteiger partial charge in [-0.1, -0.05) is 13.0 Å². The minimum atomic E-state index is -3.53. The Kier molecular flexibility index (Phi) is 6.19.